The zero-order valence-corrected chi connectivity index (χ0v) is 59.5. The molecule has 112 heavy (non-hydrogen) atoms. The zero-order chi connectivity index (χ0) is 73.0. The van der Waals surface area contributed by atoms with E-state index in [1.807, 2.05) is 72.8 Å². The number of pyridine rings is 4. The lowest BCUT2D eigenvalue weighted by atomic mass is 10.00. The molecule has 0 aliphatic rings. The van der Waals surface area contributed by atoms with Crippen LogP contribution in [-0.4, -0.2) is 37.5 Å². The normalized spacial score (nSPS) is 12.3. The molecule has 12 heteroatoms. The summed E-state index contributed by atoms with van der Waals surface area (Å²) in [5.41, 5.74) is 24.4. The molecular formula is C100H56N8O4. The van der Waals surface area contributed by atoms with Gasteiger partial charge in [-0.3, -0.25) is 17.6 Å². The van der Waals surface area contributed by atoms with Gasteiger partial charge in [-0.15, -0.1) is 0 Å². The van der Waals surface area contributed by atoms with Crippen molar-refractivity contribution in [3.05, 3.63) is 340 Å². The van der Waals surface area contributed by atoms with E-state index in [9.17, 15) is 0 Å². The average Bonchev–Trinajstić information content (AvgIpc) is 1.49. The first kappa shape index (κ1) is 60.7. The van der Waals surface area contributed by atoms with Crippen LogP contribution in [0.5, 0.6) is 0 Å². The van der Waals surface area contributed by atoms with E-state index >= 15 is 0 Å². The SMILES string of the molecule is c1ccc2c(c1)nc1c3c(ccc4oc5ccccc5c43)c3ccccc3n21.c1ccc2c(c1)nc1c3cc4c(cc3c3ccccc3n21)oc1ccccc14.c1ccc2c(c1)nc1c3ccc4c5ccccc5oc4c3c3ccccc3n21.c1ccc2c(c1)nc1c3ccc4oc5ccccc5c4c3c3ccccc3n21. The molecule has 0 N–H and O–H groups in total. The number of aromatic nitrogens is 8. The first-order valence-corrected chi connectivity index (χ1v) is 37.7. The lowest BCUT2D eigenvalue weighted by molar-refractivity contribution is 0.669. The van der Waals surface area contributed by atoms with Gasteiger partial charge in [0.05, 0.1) is 66.2 Å². The summed E-state index contributed by atoms with van der Waals surface area (Å²) in [6, 6.07) is 118. The van der Waals surface area contributed by atoms with Gasteiger partial charge in [-0.1, -0.05) is 194 Å². The highest BCUT2D eigenvalue weighted by atomic mass is 16.3. The van der Waals surface area contributed by atoms with E-state index in [1.165, 1.54) is 48.6 Å². The number of hydrogen-bond acceptors (Lipinski definition) is 8. The molecule has 0 bridgehead atoms. The van der Waals surface area contributed by atoms with E-state index in [-0.39, 0.29) is 0 Å². The van der Waals surface area contributed by atoms with E-state index in [0.717, 1.165) is 193 Å². The van der Waals surface area contributed by atoms with Crippen LogP contribution in [0.4, 0.5) is 0 Å². The number of para-hydroxylation sites is 16. The first-order chi connectivity index (χ1) is 55.6. The second kappa shape index (κ2) is 23.1. The van der Waals surface area contributed by atoms with Gasteiger partial charge in [0, 0.05) is 97.0 Å². The van der Waals surface area contributed by atoms with E-state index < -0.39 is 0 Å². The van der Waals surface area contributed by atoms with Crippen molar-refractivity contribution in [2.75, 3.05) is 0 Å². The lowest BCUT2D eigenvalue weighted by Crippen LogP contribution is -1.91. The second-order valence-corrected chi connectivity index (χ2v) is 29.0. The van der Waals surface area contributed by atoms with E-state index in [2.05, 4.69) is 285 Å². The predicted octanol–water partition coefficient (Wildman–Crippen LogP) is 26.8. The summed E-state index contributed by atoms with van der Waals surface area (Å²) in [7, 11) is 0. The number of imidazole rings is 4. The van der Waals surface area contributed by atoms with Gasteiger partial charge in [0.25, 0.3) is 0 Å². The van der Waals surface area contributed by atoms with Gasteiger partial charge >= 0.3 is 0 Å². The molecule has 0 fully saturated rings. The molecule has 0 amide bonds. The molecule has 28 rings (SSSR count). The molecule has 16 aromatic carbocycles. The molecule has 0 saturated carbocycles. The Morgan fingerprint density at radius 1 is 0.161 bits per heavy atom. The Morgan fingerprint density at radius 3 is 1.00 bits per heavy atom. The second-order valence-electron chi connectivity index (χ2n) is 29.0. The summed E-state index contributed by atoms with van der Waals surface area (Å²) < 4.78 is 33.9. The van der Waals surface area contributed by atoms with Gasteiger partial charge in [0.15, 0.2) is 0 Å². The minimum atomic E-state index is 0.901. The van der Waals surface area contributed by atoms with Gasteiger partial charge < -0.3 is 17.7 Å². The quantitative estimate of drug-likeness (QED) is 0.138. The molecule has 0 aliphatic carbocycles. The molecule has 12 heterocycles. The van der Waals surface area contributed by atoms with Crippen molar-refractivity contribution in [1.82, 2.24) is 37.5 Å². The van der Waals surface area contributed by atoms with Crippen LogP contribution in [0.3, 0.4) is 0 Å². The number of furan rings is 4. The number of benzene rings is 16. The largest absolute Gasteiger partial charge is 0.456 e. The minimum absolute atomic E-state index is 0.901. The highest BCUT2D eigenvalue weighted by molar-refractivity contribution is 6.31. The van der Waals surface area contributed by atoms with Crippen LogP contribution in [0.25, 0.3) is 241 Å². The van der Waals surface area contributed by atoms with Crippen molar-refractivity contribution in [2.45, 2.75) is 0 Å². The molecule has 0 spiro atoms. The number of fused-ring (bicyclic) bond motifs is 47. The molecule has 0 unspecified atom stereocenters. The maximum Gasteiger partial charge on any atom is 0.147 e. The van der Waals surface area contributed by atoms with Crippen molar-refractivity contribution in [3.63, 3.8) is 0 Å². The Bertz CT molecular complexity index is 8870. The zero-order valence-electron chi connectivity index (χ0n) is 59.5. The van der Waals surface area contributed by atoms with Crippen molar-refractivity contribution < 1.29 is 17.7 Å². The summed E-state index contributed by atoms with van der Waals surface area (Å²) in [6.45, 7) is 0. The van der Waals surface area contributed by atoms with Gasteiger partial charge in [-0.25, -0.2) is 19.9 Å². The summed E-state index contributed by atoms with van der Waals surface area (Å²) in [4.78, 5) is 20.0. The predicted molar refractivity (Wildman–Crippen MR) is 460 cm³/mol. The van der Waals surface area contributed by atoms with Crippen LogP contribution >= 0.6 is 0 Å². The number of rotatable bonds is 0. The molecule has 0 saturated heterocycles. The van der Waals surface area contributed by atoms with Crippen LogP contribution in [0, 0.1) is 0 Å². The average molecular weight is 1430 g/mol. The molecule has 28 aromatic rings. The van der Waals surface area contributed by atoms with E-state index in [1.54, 1.807) is 0 Å². The van der Waals surface area contributed by atoms with Crippen molar-refractivity contribution in [2.24, 2.45) is 0 Å². The van der Waals surface area contributed by atoms with Crippen LogP contribution in [0.1, 0.15) is 0 Å². The van der Waals surface area contributed by atoms with Crippen LogP contribution in [-0.2, 0) is 0 Å². The summed E-state index contributed by atoms with van der Waals surface area (Å²) in [6.07, 6.45) is 0. The van der Waals surface area contributed by atoms with Gasteiger partial charge in [-0.2, -0.15) is 0 Å². The number of nitrogens with zero attached hydrogens (tertiary/aromatic N) is 8. The summed E-state index contributed by atoms with van der Waals surface area (Å²) in [5, 5.41) is 23.2. The van der Waals surface area contributed by atoms with Crippen LogP contribution in [0.2, 0.25) is 0 Å². The maximum absolute atomic E-state index is 6.36. The Balaban J connectivity index is 0.0000000847. The Labute approximate surface area is 632 Å². The van der Waals surface area contributed by atoms with E-state index in [0.29, 0.717) is 0 Å². The summed E-state index contributed by atoms with van der Waals surface area (Å²) in [5.74, 6) is 0. The number of hydrogen-bond donors (Lipinski definition) is 0. The smallest absolute Gasteiger partial charge is 0.147 e. The molecule has 0 aliphatic heterocycles. The molecule has 520 valence electrons. The maximum atomic E-state index is 6.36. The monoisotopic (exact) mass is 1430 g/mol. The standard InChI is InChI=1S/4C25H14N2O/c1-4-10-20-17(8-1)23-18(25-26-19-9-3-5-11-21(19)27(20)25)14-13-16-15-7-2-6-12-22(15)28-24(16)23;1-4-10-21-15(7-1)17-14-24-18(16-8-2-6-12-23(16)28-24)13-19(17)25-26-20-9-3-5-11-22(20)27(21)25;1-4-10-19-15(7-1)16-13-14-22-23(17-8-2-6-12-21(17)28-22)24(16)25-26-18-9-3-5-11-20(18)27(19)25;1-4-10-19-15(7-1)23-17(25-26-18-9-3-5-11-20(18)27(19)25)13-14-22-24(23)16-8-2-6-12-21(16)28-22/h4*1-14H. The van der Waals surface area contributed by atoms with Crippen LogP contribution < -0.4 is 0 Å². The summed E-state index contributed by atoms with van der Waals surface area (Å²) >= 11 is 0. The third kappa shape index (κ3) is 8.54. The first-order valence-electron chi connectivity index (χ1n) is 37.7. The third-order valence-electron chi connectivity index (χ3n) is 23.0. The Morgan fingerprint density at radius 2 is 0.482 bits per heavy atom. The minimum Gasteiger partial charge on any atom is -0.456 e. The molecule has 12 aromatic heterocycles. The highest BCUT2D eigenvalue weighted by Gasteiger charge is 2.24. The van der Waals surface area contributed by atoms with Gasteiger partial charge in [0.2, 0.25) is 0 Å². The van der Waals surface area contributed by atoms with Crippen molar-refractivity contribution in [1.29, 1.82) is 0 Å². The van der Waals surface area contributed by atoms with Crippen molar-refractivity contribution >= 4 is 241 Å². The Kier molecular flexibility index (Phi) is 12.5. The molecular weight excluding hydrogens is 1380 g/mol. The fraction of sp³-hybridized carbons (Fsp3) is 0. The van der Waals surface area contributed by atoms with Crippen molar-refractivity contribution in [3.8, 4) is 0 Å². The topological polar surface area (TPSA) is 122 Å². The van der Waals surface area contributed by atoms with Gasteiger partial charge in [-0.05, 0) is 156 Å². The molecule has 12 nitrogen and oxygen atoms in total. The van der Waals surface area contributed by atoms with E-state index in [4.69, 9.17) is 37.6 Å². The lowest BCUT2D eigenvalue weighted by Gasteiger charge is -2.09. The van der Waals surface area contributed by atoms with Gasteiger partial charge in [0.1, 0.15) is 67.3 Å². The molecule has 0 atom stereocenters. The Hall–Kier alpha value is -15.4. The highest BCUT2D eigenvalue weighted by Crippen LogP contribution is 2.46. The fourth-order valence-electron chi connectivity index (χ4n) is 18.3. The molecule has 0 radical (unpaired) electrons. The fourth-order valence-corrected chi connectivity index (χ4v) is 18.3. The van der Waals surface area contributed by atoms with Crippen LogP contribution in [0.15, 0.2) is 357 Å². The third-order valence-corrected chi connectivity index (χ3v) is 23.0.